The van der Waals surface area contributed by atoms with Crippen LogP contribution in [0.25, 0.3) is 10.8 Å². The number of non-ortho nitro benzene ring substituents is 1. The predicted octanol–water partition coefficient (Wildman–Crippen LogP) is 1.84. The first-order chi connectivity index (χ1) is 13.9. The summed E-state index contributed by atoms with van der Waals surface area (Å²) in [6.07, 6.45) is 0. The third kappa shape index (κ3) is 4.00. The number of nitrogens with zero attached hydrogens (tertiary/aromatic N) is 2. The number of quaternary nitrogens is 1. The topological polar surface area (TPSA) is 85.0 Å². The zero-order chi connectivity index (χ0) is 20.4. The van der Waals surface area contributed by atoms with Crippen molar-refractivity contribution in [3.8, 4) is 0 Å². The standard InChI is InChI=1S/C21H21N3O4S/c25-24(26)19-8-10-20(11-9-19)29(27,28)23-14-12-22(13-15-23)16-18-6-3-5-17-4-1-2-7-21(17)18/h1-11H,12-16H2/p+1. The van der Waals surface area contributed by atoms with Crippen LogP contribution in [0.1, 0.15) is 5.56 Å². The molecule has 150 valence electrons. The van der Waals surface area contributed by atoms with E-state index < -0.39 is 14.9 Å². The fourth-order valence-corrected chi connectivity index (χ4v) is 5.27. The van der Waals surface area contributed by atoms with Gasteiger partial charge in [-0.2, -0.15) is 4.31 Å². The van der Waals surface area contributed by atoms with Crippen LogP contribution in [0.3, 0.4) is 0 Å². The maximum Gasteiger partial charge on any atom is 0.269 e. The lowest BCUT2D eigenvalue weighted by Gasteiger charge is -2.31. The summed E-state index contributed by atoms with van der Waals surface area (Å²) in [6, 6.07) is 19.7. The summed E-state index contributed by atoms with van der Waals surface area (Å²) in [5.74, 6) is 0. The molecule has 4 rings (SSSR count). The molecule has 1 aliphatic rings. The minimum Gasteiger partial charge on any atom is -0.329 e. The van der Waals surface area contributed by atoms with Crippen molar-refractivity contribution in [3.63, 3.8) is 0 Å². The summed E-state index contributed by atoms with van der Waals surface area (Å²) in [6.45, 7) is 3.15. The van der Waals surface area contributed by atoms with E-state index >= 15 is 0 Å². The van der Waals surface area contributed by atoms with E-state index in [1.165, 1.54) is 49.8 Å². The van der Waals surface area contributed by atoms with Gasteiger partial charge in [-0.3, -0.25) is 10.1 Å². The van der Waals surface area contributed by atoms with Crippen molar-refractivity contribution in [1.29, 1.82) is 0 Å². The summed E-state index contributed by atoms with van der Waals surface area (Å²) in [7, 11) is -3.64. The van der Waals surface area contributed by atoms with Gasteiger partial charge in [-0.25, -0.2) is 8.42 Å². The minimum atomic E-state index is -3.64. The van der Waals surface area contributed by atoms with Gasteiger partial charge in [0.05, 0.1) is 36.0 Å². The quantitative estimate of drug-likeness (QED) is 0.512. The molecular weight excluding hydrogens is 390 g/mol. The molecule has 0 aliphatic carbocycles. The maximum atomic E-state index is 12.9. The maximum absolute atomic E-state index is 12.9. The number of sulfonamides is 1. The summed E-state index contributed by atoms with van der Waals surface area (Å²) < 4.78 is 27.2. The Kier molecular flexibility index (Phi) is 5.31. The molecule has 1 saturated heterocycles. The highest BCUT2D eigenvalue weighted by atomic mass is 32.2. The Labute approximate surface area is 169 Å². The van der Waals surface area contributed by atoms with Crippen molar-refractivity contribution in [1.82, 2.24) is 4.31 Å². The Bertz CT molecular complexity index is 1130. The molecule has 1 N–H and O–H groups in total. The van der Waals surface area contributed by atoms with Crippen molar-refractivity contribution >= 4 is 26.5 Å². The molecule has 0 spiro atoms. The molecule has 1 aliphatic heterocycles. The van der Waals surface area contributed by atoms with Crippen LogP contribution in [-0.4, -0.2) is 43.8 Å². The van der Waals surface area contributed by atoms with Crippen LogP contribution in [-0.2, 0) is 16.6 Å². The molecule has 0 aromatic heterocycles. The zero-order valence-electron chi connectivity index (χ0n) is 15.8. The molecule has 3 aromatic rings. The van der Waals surface area contributed by atoms with E-state index in [1.54, 1.807) is 0 Å². The fraction of sp³-hybridized carbons (Fsp3) is 0.238. The Balaban J connectivity index is 1.44. The number of benzene rings is 3. The molecule has 0 radical (unpaired) electrons. The molecular formula is C21H22N3O4S+. The van der Waals surface area contributed by atoms with Gasteiger partial charge in [-0.1, -0.05) is 42.5 Å². The molecule has 1 heterocycles. The normalized spacial score (nSPS) is 16.1. The zero-order valence-corrected chi connectivity index (χ0v) is 16.6. The Hall–Kier alpha value is -2.81. The van der Waals surface area contributed by atoms with Crippen LogP contribution >= 0.6 is 0 Å². The van der Waals surface area contributed by atoms with E-state index in [9.17, 15) is 18.5 Å². The van der Waals surface area contributed by atoms with Gasteiger partial charge in [0.15, 0.2) is 0 Å². The van der Waals surface area contributed by atoms with Crippen LogP contribution in [0.4, 0.5) is 5.69 Å². The van der Waals surface area contributed by atoms with Crippen LogP contribution in [0.15, 0.2) is 71.6 Å². The predicted molar refractivity (Wildman–Crippen MR) is 110 cm³/mol. The van der Waals surface area contributed by atoms with E-state index in [0.29, 0.717) is 13.1 Å². The molecule has 8 heteroatoms. The first-order valence-corrected chi connectivity index (χ1v) is 10.9. The van der Waals surface area contributed by atoms with Crippen LogP contribution in [0, 0.1) is 10.1 Å². The lowest BCUT2D eigenvalue weighted by molar-refractivity contribution is -0.917. The molecule has 29 heavy (non-hydrogen) atoms. The van der Waals surface area contributed by atoms with E-state index in [4.69, 9.17) is 0 Å². The number of rotatable bonds is 5. The second-order valence-electron chi connectivity index (χ2n) is 7.22. The SMILES string of the molecule is O=[N+]([O-])c1ccc(S(=O)(=O)N2CC[NH+](Cc3cccc4ccccc34)CC2)cc1. The third-order valence-corrected chi connectivity index (χ3v) is 7.35. The van der Waals surface area contributed by atoms with E-state index in [1.807, 2.05) is 12.1 Å². The van der Waals surface area contributed by atoms with Crippen molar-refractivity contribution in [2.24, 2.45) is 0 Å². The Morgan fingerprint density at radius 3 is 2.28 bits per heavy atom. The number of nitrogens with one attached hydrogen (secondary N) is 1. The summed E-state index contributed by atoms with van der Waals surface area (Å²) >= 11 is 0. The molecule has 0 amide bonds. The molecule has 3 aromatic carbocycles. The number of piperazine rings is 1. The second-order valence-corrected chi connectivity index (χ2v) is 9.16. The summed E-state index contributed by atoms with van der Waals surface area (Å²) in [4.78, 5) is 11.7. The minimum absolute atomic E-state index is 0.0978. The first kappa shape index (κ1) is 19.5. The van der Waals surface area contributed by atoms with Crippen LogP contribution < -0.4 is 4.90 Å². The van der Waals surface area contributed by atoms with Gasteiger partial charge < -0.3 is 4.90 Å². The van der Waals surface area contributed by atoms with Gasteiger partial charge in [0.2, 0.25) is 10.0 Å². The van der Waals surface area contributed by atoms with Gasteiger partial charge in [0.25, 0.3) is 5.69 Å². The van der Waals surface area contributed by atoms with Gasteiger partial charge >= 0.3 is 0 Å². The van der Waals surface area contributed by atoms with Gasteiger partial charge in [-0.05, 0) is 22.9 Å². The monoisotopic (exact) mass is 412 g/mol. The number of nitro groups is 1. The molecule has 7 nitrogen and oxygen atoms in total. The summed E-state index contributed by atoms with van der Waals surface area (Å²) in [5, 5.41) is 13.2. The van der Waals surface area contributed by atoms with Gasteiger partial charge in [0, 0.05) is 17.7 Å². The smallest absolute Gasteiger partial charge is 0.269 e. The molecule has 0 saturated carbocycles. The number of fused-ring (bicyclic) bond motifs is 1. The molecule has 0 unspecified atom stereocenters. The fourth-order valence-electron chi connectivity index (χ4n) is 3.82. The molecule has 0 bridgehead atoms. The highest BCUT2D eigenvalue weighted by Gasteiger charge is 2.30. The number of hydrogen-bond acceptors (Lipinski definition) is 4. The van der Waals surface area contributed by atoms with Crippen LogP contribution in [0.2, 0.25) is 0 Å². The highest BCUT2D eigenvalue weighted by molar-refractivity contribution is 7.89. The Morgan fingerprint density at radius 2 is 1.59 bits per heavy atom. The van der Waals surface area contributed by atoms with Crippen molar-refractivity contribution < 1.29 is 18.2 Å². The summed E-state index contributed by atoms with van der Waals surface area (Å²) in [5.41, 5.74) is 1.15. The lowest BCUT2D eigenvalue weighted by Crippen LogP contribution is -3.13. The van der Waals surface area contributed by atoms with E-state index in [-0.39, 0.29) is 10.6 Å². The first-order valence-electron chi connectivity index (χ1n) is 9.50. The number of nitro benzene ring substituents is 1. The van der Waals surface area contributed by atoms with Crippen molar-refractivity contribution in [2.75, 3.05) is 26.2 Å². The van der Waals surface area contributed by atoms with Crippen molar-refractivity contribution in [2.45, 2.75) is 11.4 Å². The largest absolute Gasteiger partial charge is 0.329 e. The van der Waals surface area contributed by atoms with Gasteiger partial charge in [0.1, 0.15) is 6.54 Å². The van der Waals surface area contributed by atoms with Crippen molar-refractivity contribution in [3.05, 3.63) is 82.4 Å². The van der Waals surface area contributed by atoms with E-state index in [0.717, 1.165) is 19.6 Å². The average molecular weight is 412 g/mol. The highest BCUT2D eigenvalue weighted by Crippen LogP contribution is 2.20. The van der Waals surface area contributed by atoms with E-state index in [2.05, 4.69) is 30.3 Å². The van der Waals surface area contributed by atoms with Gasteiger partial charge in [-0.15, -0.1) is 0 Å². The lowest BCUT2D eigenvalue weighted by atomic mass is 10.0. The molecule has 0 atom stereocenters. The average Bonchev–Trinajstić information content (AvgIpc) is 2.74. The van der Waals surface area contributed by atoms with Crippen LogP contribution in [0.5, 0.6) is 0 Å². The number of hydrogen-bond donors (Lipinski definition) is 1. The second kappa shape index (κ2) is 7.90. The Morgan fingerprint density at radius 1 is 0.931 bits per heavy atom. The molecule has 1 fully saturated rings. The third-order valence-electron chi connectivity index (χ3n) is 5.44.